The molecule has 1 fully saturated rings. The van der Waals surface area contributed by atoms with Gasteiger partial charge in [0.15, 0.2) is 0 Å². The van der Waals surface area contributed by atoms with Crippen LogP contribution in [0.15, 0.2) is 30.3 Å². The van der Waals surface area contributed by atoms with Crippen molar-refractivity contribution >= 4 is 5.97 Å². The highest BCUT2D eigenvalue weighted by Gasteiger charge is 2.40. The van der Waals surface area contributed by atoms with E-state index >= 15 is 0 Å². The first-order valence-corrected chi connectivity index (χ1v) is 6.13. The SMILES string of the molecule is CN1CCC[C@@](C(=O)O)(c2ccccc2)CC1. The van der Waals surface area contributed by atoms with Crippen LogP contribution in [-0.2, 0) is 10.2 Å². The van der Waals surface area contributed by atoms with Crippen LogP contribution in [0.2, 0.25) is 0 Å². The van der Waals surface area contributed by atoms with Crippen LogP contribution in [0.4, 0.5) is 0 Å². The van der Waals surface area contributed by atoms with E-state index in [9.17, 15) is 9.90 Å². The molecule has 1 aromatic carbocycles. The third kappa shape index (κ3) is 2.34. The minimum atomic E-state index is -0.688. The summed E-state index contributed by atoms with van der Waals surface area (Å²) >= 11 is 0. The van der Waals surface area contributed by atoms with Crippen LogP contribution in [0.3, 0.4) is 0 Å². The van der Waals surface area contributed by atoms with Gasteiger partial charge in [0.25, 0.3) is 0 Å². The smallest absolute Gasteiger partial charge is 0.314 e. The van der Waals surface area contributed by atoms with E-state index in [4.69, 9.17) is 0 Å². The topological polar surface area (TPSA) is 40.5 Å². The Hall–Kier alpha value is -1.35. The highest BCUT2D eigenvalue weighted by molar-refractivity contribution is 5.81. The number of hydrogen-bond acceptors (Lipinski definition) is 2. The molecule has 0 amide bonds. The van der Waals surface area contributed by atoms with E-state index in [1.807, 2.05) is 30.3 Å². The third-order valence-corrected chi connectivity index (χ3v) is 3.80. The molecule has 0 unspecified atom stereocenters. The highest BCUT2D eigenvalue weighted by atomic mass is 16.4. The predicted molar refractivity (Wildman–Crippen MR) is 67.1 cm³/mol. The fraction of sp³-hybridized carbons (Fsp3) is 0.500. The lowest BCUT2D eigenvalue weighted by atomic mass is 9.74. The Kier molecular flexibility index (Phi) is 3.48. The summed E-state index contributed by atoms with van der Waals surface area (Å²) in [6, 6.07) is 9.67. The number of carboxylic acids is 1. The van der Waals surface area contributed by atoms with Crippen molar-refractivity contribution in [3.8, 4) is 0 Å². The summed E-state index contributed by atoms with van der Waals surface area (Å²) in [5.41, 5.74) is 0.259. The maximum Gasteiger partial charge on any atom is 0.314 e. The van der Waals surface area contributed by atoms with Gasteiger partial charge in [-0.15, -0.1) is 0 Å². The molecule has 0 spiro atoms. The zero-order chi connectivity index (χ0) is 12.3. The van der Waals surface area contributed by atoms with Crippen molar-refractivity contribution < 1.29 is 9.90 Å². The van der Waals surface area contributed by atoms with Gasteiger partial charge >= 0.3 is 5.97 Å². The van der Waals surface area contributed by atoms with E-state index in [2.05, 4.69) is 11.9 Å². The lowest BCUT2D eigenvalue weighted by Crippen LogP contribution is -2.36. The number of likely N-dealkylation sites (tertiary alicyclic amines) is 1. The van der Waals surface area contributed by atoms with Crippen molar-refractivity contribution in [2.75, 3.05) is 20.1 Å². The minimum absolute atomic E-state index is 0.681. The predicted octanol–water partition coefficient (Wildman–Crippen LogP) is 2.12. The van der Waals surface area contributed by atoms with Crippen LogP contribution in [0.1, 0.15) is 24.8 Å². The average Bonchev–Trinajstić information content (AvgIpc) is 2.53. The van der Waals surface area contributed by atoms with Crippen molar-refractivity contribution in [3.63, 3.8) is 0 Å². The van der Waals surface area contributed by atoms with Gasteiger partial charge in [0.1, 0.15) is 0 Å². The van der Waals surface area contributed by atoms with Gasteiger partial charge in [0.2, 0.25) is 0 Å². The molecule has 0 aromatic heterocycles. The maximum atomic E-state index is 11.7. The van der Waals surface area contributed by atoms with E-state index in [0.717, 1.165) is 31.5 Å². The Balaban J connectivity index is 2.36. The quantitative estimate of drug-likeness (QED) is 0.850. The summed E-state index contributed by atoms with van der Waals surface area (Å²) in [5.74, 6) is -0.681. The number of carboxylic acid groups (broad SMARTS) is 1. The molecular weight excluding hydrogens is 214 g/mol. The van der Waals surface area contributed by atoms with E-state index < -0.39 is 11.4 Å². The Morgan fingerprint density at radius 3 is 2.59 bits per heavy atom. The van der Waals surface area contributed by atoms with Gasteiger partial charge in [0.05, 0.1) is 5.41 Å². The molecule has 1 N–H and O–H groups in total. The summed E-state index contributed by atoms with van der Waals surface area (Å²) in [5, 5.41) is 9.63. The summed E-state index contributed by atoms with van der Waals surface area (Å²) in [4.78, 5) is 13.9. The molecule has 2 rings (SSSR count). The van der Waals surface area contributed by atoms with E-state index in [0.29, 0.717) is 6.42 Å². The first-order chi connectivity index (χ1) is 8.15. The Morgan fingerprint density at radius 2 is 1.94 bits per heavy atom. The maximum absolute atomic E-state index is 11.7. The molecule has 3 nitrogen and oxygen atoms in total. The van der Waals surface area contributed by atoms with Crippen molar-refractivity contribution in [2.24, 2.45) is 0 Å². The summed E-state index contributed by atoms with van der Waals surface area (Å²) < 4.78 is 0. The normalized spacial score (nSPS) is 26.4. The molecule has 1 aliphatic heterocycles. The second-order valence-electron chi connectivity index (χ2n) is 4.91. The fourth-order valence-corrected chi connectivity index (χ4v) is 2.65. The van der Waals surface area contributed by atoms with Crippen LogP contribution in [-0.4, -0.2) is 36.1 Å². The lowest BCUT2D eigenvalue weighted by molar-refractivity contribution is -0.144. The molecule has 1 heterocycles. The Labute approximate surface area is 102 Å². The van der Waals surface area contributed by atoms with Crippen molar-refractivity contribution in [1.29, 1.82) is 0 Å². The number of hydrogen-bond donors (Lipinski definition) is 1. The number of rotatable bonds is 2. The molecule has 1 atom stereocenters. The fourth-order valence-electron chi connectivity index (χ4n) is 2.65. The van der Waals surface area contributed by atoms with Gasteiger partial charge in [-0.3, -0.25) is 4.79 Å². The van der Waals surface area contributed by atoms with Crippen LogP contribution >= 0.6 is 0 Å². The zero-order valence-electron chi connectivity index (χ0n) is 10.2. The Morgan fingerprint density at radius 1 is 1.24 bits per heavy atom. The van der Waals surface area contributed by atoms with Gasteiger partial charge in [-0.25, -0.2) is 0 Å². The second-order valence-corrected chi connectivity index (χ2v) is 4.91. The summed E-state index contributed by atoms with van der Waals surface area (Å²) in [6.45, 7) is 1.84. The largest absolute Gasteiger partial charge is 0.481 e. The number of aliphatic carboxylic acids is 1. The van der Waals surface area contributed by atoms with Crippen LogP contribution in [0.25, 0.3) is 0 Å². The van der Waals surface area contributed by atoms with Gasteiger partial charge in [0, 0.05) is 0 Å². The molecule has 0 saturated carbocycles. The zero-order valence-corrected chi connectivity index (χ0v) is 10.2. The summed E-state index contributed by atoms with van der Waals surface area (Å²) in [6.07, 6.45) is 2.37. The first kappa shape index (κ1) is 12.1. The average molecular weight is 233 g/mol. The number of nitrogens with zero attached hydrogens (tertiary/aromatic N) is 1. The molecule has 0 aliphatic carbocycles. The highest BCUT2D eigenvalue weighted by Crippen LogP contribution is 2.35. The molecule has 1 saturated heterocycles. The van der Waals surface area contributed by atoms with Crippen molar-refractivity contribution in [3.05, 3.63) is 35.9 Å². The standard InChI is InChI=1S/C14H19NO2/c1-15-10-5-8-14(9-11-15,13(16)17)12-6-3-2-4-7-12/h2-4,6-7H,5,8-11H2,1H3,(H,16,17)/t14-/m0/s1. The van der Waals surface area contributed by atoms with E-state index in [1.54, 1.807) is 0 Å². The van der Waals surface area contributed by atoms with Crippen LogP contribution in [0, 0.1) is 0 Å². The molecule has 17 heavy (non-hydrogen) atoms. The van der Waals surface area contributed by atoms with Crippen molar-refractivity contribution in [1.82, 2.24) is 4.90 Å². The molecule has 0 radical (unpaired) electrons. The monoisotopic (exact) mass is 233 g/mol. The van der Waals surface area contributed by atoms with Gasteiger partial charge < -0.3 is 10.0 Å². The Bertz CT molecular complexity index is 390. The third-order valence-electron chi connectivity index (χ3n) is 3.80. The first-order valence-electron chi connectivity index (χ1n) is 6.13. The van der Waals surface area contributed by atoms with Gasteiger partial charge in [-0.2, -0.15) is 0 Å². The molecule has 0 bridgehead atoms. The lowest BCUT2D eigenvalue weighted by Gasteiger charge is -2.28. The molecular formula is C14H19NO2. The van der Waals surface area contributed by atoms with E-state index in [-0.39, 0.29) is 0 Å². The minimum Gasteiger partial charge on any atom is -0.481 e. The number of benzene rings is 1. The van der Waals surface area contributed by atoms with Crippen LogP contribution < -0.4 is 0 Å². The van der Waals surface area contributed by atoms with Crippen LogP contribution in [0.5, 0.6) is 0 Å². The molecule has 1 aliphatic rings. The number of carbonyl (C=O) groups is 1. The van der Waals surface area contributed by atoms with Crippen molar-refractivity contribution in [2.45, 2.75) is 24.7 Å². The molecule has 1 aromatic rings. The molecule has 3 heteroatoms. The summed E-state index contributed by atoms with van der Waals surface area (Å²) in [7, 11) is 2.06. The van der Waals surface area contributed by atoms with Gasteiger partial charge in [-0.1, -0.05) is 30.3 Å². The molecule has 92 valence electrons. The second kappa shape index (κ2) is 4.88. The van der Waals surface area contributed by atoms with Gasteiger partial charge in [-0.05, 0) is 45.0 Å². The van der Waals surface area contributed by atoms with E-state index in [1.165, 1.54) is 0 Å².